The quantitative estimate of drug-likeness (QED) is 0.597. The van der Waals surface area contributed by atoms with Gasteiger partial charge < -0.3 is 15.4 Å². The third-order valence-electron chi connectivity index (χ3n) is 3.43. The Morgan fingerprint density at radius 3 is 2.79 bits per heavy atom. The highest BCUT2D eigenvalue weighted by atomic mass is 35.5. The van der Waals surface area contributed by atoms with Crippen LogP contribution in [0.3, 0.4) is 0 Å². The first-order valence-corrected chi connectivity index (χ1v) is 8.31. The molecule has 0 amide bonds. The number of aromatic nitrogens is 1. The molecule has 2 N–H and O–H groups in total. The van der Waals surface area contributed by atoms with E-state index < -0.39 is 0 Å². The van der Waals surface area contributed by atoms with Crippen molar-refractivity contribution in [2.24, 2.45) is 4.99 Å². The molecule has 1 aromatic carbocycles. The summed E-state index contributed by atoms with van der Waals surface area (Å²) in [5.74, 6) is 0.729. The number of halogens is 1. The zero-order chi connectivity index (χ0) is 17.2. The van der Waals surface area contributed by atoms with Crippen molar-refractivity contribution in [3.8, 4) is 0 Å². The predicted octanol–water partition coefficient (Wildman–Crippen LogP) is 3.18. The summed E-state index contributed by atoms with van der Waals surface area (Å²) in [5.41, 5.74) is 1.95. The van der Waals surface area contributed by atoms with Gasteiger partial charge >= 0.3 is 0 Å². The summed E-state index contributed by atoms with van der Waals surface area (Å²) in [7, 11) is 1.69. The molecule has 0 spiro atoms. The topological polar surface area (TPSA) is 58.5 Å². The van der Waals surface area contributed by atoms with Gasteiger partial charge in [-0.05, 0) is 36.8 Å². The van der Waals surface area contributed by atoms with E-state index in [9.17, 15) is 0 Å². The molecular formula is C18H23ClN4O. The maximum absolute atomic E-state index is 6.06. The van der Waals surface area contributed by atoms with Crippen molar-refractivity contribution in [1.29, 1.82) is 0 Å². The van der Waals surface area contributed by atoms with Gasteiger partial charge in [0.15, 0.2) is 5.96 Å². The second kappa shape index (κ2) is 9.90. The Morgan fingerprint density at radius 2 is 2.12 bits per heavy atom. The van der Waals surface area contributed by atoms with Gasteiger partial charge in [0.25, 0.3) is 0 Å². The van der Waals surface area contributed by atoms with Gasteiger partial charge in [-0.25, -0.2) is 4.99 Å². The third-order valence-corrected chi connectivity index (χ3v) is 3.66. The van der Waals surface area contributed by atoms with Crippen molar-refractivity contribution in [3.05, 3.63) is 64.9 Å². The Morgan fingerprint density at radius 1 is 1.25 bits per heavy atom. The number of hydrogen-bond acceptors (Lipinski definition) is 3. The lowest BCUT2D eigenvalue weighted by Crippen LogP contribution is -2.39. The summed E-state index contributed by atoms with van der Waals surface area (Å²) >= 11 is 6.06. The van der Waals surface area contributed by atoms with Crippen molar-refractivity contribution in [3.63, 3.8) is 0 Å². The molecule has 0 aliphatic rings. The molecule has 1 unspecified atom stereocenters. The fourth-order valence-electron chi connectivity index (χ4n) is 2.23. The van der Waals surface area contributed by atoms with Crippen LogP contribution in [0.4, 0.5) is 0 Å². The van der Waals surface area contributed by atoms with Crippen LogP contribution >= 0.6 is 11.6 Å². The Labute approximate surface area is 148 Å². The van der Waals surface area contributed by atoms with Gasteiger partial charge in [0.2, 0.25) is 0 Å². The molecule has 128 valence electrons. The van der Waals surface area contributed by atoms with Crippen LogP contribution in [0.5, 0.6) is 0 Å². The number of pyridine rings is 1. The number of aliphatic imine (C=N–C) groups is 1. The van der Waals surface area contributed by atoms with Crippen molar-refractivity contribution in [2.45, 2.75) is 19.6 Å². The fourth-order valence-corrected chi connectivity index (χ4v) is 2.43. The second-order valence-electron chi connectivity index (χ2n) is 5.18. The number of nitrogens with one attached hydrogen (secondary N) is 2. The minimum Gasteiger partial charge on any atom is -0.375 e. The molecule has 0 aliphatic heterocycles. The number of nitrogens with zero attached hydrogens (tertiary/aromatic N) is 2. The van der Waals surface area contributed by atoms with Crippen LogP contribution in [0.1, 0.15) is 24.3 Å². The van der Waals surface area contributed by atoms with E-state index in [0.717, 1.165) is 23.8 Å². The van der Waals surface area contributed by atoms with Crippen LogP contribution in [0, 0.1) is 0 Å². The Kier molecular flexibility index (Phi) is 7.52. The van der Waals surface area contributed by atoms with Crippen LogP contribution in [-0.4, -0.2) is 31.1 Å². The Hall–Kier alpha value is -2.11. The molecule has 2 rings (SSSR count). The number of hydrogen-bond donors (Lipinski definition) is 2. The molecule has 0 radical (unpaired) electrons. The maximum Gasteiger partial charge on any atom is 0.191 e. The van der Waals surface area contributed by atoms with Gasteiger partial charge in [0.1, 0.15) is 0 Å². The highest BCUT2D eigenvalue weighted by Crippen LogP contribution is 2.19. The summed E-state index contributed by atoms with van der Waals surface area (Å²) in [5, 5.41) is 7.23. The minimum atomic E-state index is -0.109. The van der Waals surface area contributed by atoms with Gasteiger partial charge in [-0.15, -0.1) is 0 Å². The van der Waals surface area contributed by atoms with E-state index >= 15 is 0 Å². The first-order valence-electron chi connectivity index (χ1n) is 7.93. The minimum absolute atomic E-state index is 0.109. The van der Waals surface area contributed by atoms with E-state index in [-0.39, 0.29) is 6.10 Å². The molecule has 1 aromatic heterocycles. The van der Waals surface area contributed by atoms with E-state index in [4.69, 9.17) is 16.3 Å². The van der Waals surface area contributed by atoms with E-state index in [1.165, 1.54) is 0 Å². The van der Waals surface area contributed by atoms with Crippen LogP contribution < -0.4 is 10.6 Å². The van der Waals surface area contributed by atoms with Crippen LogP contribution in [0.15, 0.2) is 53.7 Å². The average Bonchev–Trinajstić information content (AvgIpc) is 2.61. The van der Waals surface area contributed by atoms with E-state index in [1.54, 1.807) is 13.3 Å². The highest BCUT2D eigenvalue weighted by Gasteiger charge is 2.11. The van der Waals surface area contributed by atoms with E-state index in [0.29, 0.717) is 18.1 Å². The normalized spacial score (nSPS) is 12.7. The molecular weight excluding hydrogens is 324 g/mol. The summed E-state index contributed by atoms with van der Waals surface area (Å²) in [6, 6.07) is 13.5. The van der Waals surface area contributed by atoms with Crippen molar-refractivity contribution in [1.82, 2.24) is 15.6 Å². The molecule has 0 saturated heterocycles. The Bertz CT molecular complexity index is 648. The summed E-state index contributed by atoms with van der Waals surface area (Å²) in [6.45, 7) is 3.92. The zero-order valence-electron chi connectivity index (χ0n) is 14.0. The smallest absolute Gasteiger partial charge is 0.191 e. The highest BCUT2D eigenvalue weighted by molar-refractivity contribution is 6.30. The summed E-state index contributed by atoms with van der Waals surface area (Å²) in [4.78, 5) is 8.83. The zero-order valence-corrected chi connectivity index (χ0v) is 14.8. The number of methoxy groups -OCH3 is 1. The molecule has 2 aromatic rings. The molecule has 5 nitrogen and oxygen atoms in total. The summed E-state index contributed by atoms with van der Waals surface area (Å²) in [6.07, 6.45) is 1.66. The van der Waals surface area contributed by atoms with Crippen LogP contribution in [0.2, 0.25) is 5.02 Å². The lowest BCUT2D eigenvalue weighted by Gasteiger charge is -2.19. The SMILES string of the molecule is CCNC(=NCc1ccccn1)NCC(OC)c1cccc(Cl)c1. The lowest BCUT2D eigenvalue weighted by atomic mass is 10.1. The molecule has 0 aliphatic carbocycles. The van der Waals surface area contributed by atoms with Crippen LogP contribution in [-0.2, 0) is 11.3 Å². The van der Waals surface area contributed by atoms with Gasteiger partial charge in [-0.3, -0.25) is 4.98 Å². The van der Waals surface area contributed by atoms with Gasteiger partial charge in [-0.1, -0.05) is 29.8 Å². The first-order chi connectivity index (χ1) is 11.7. The fraction of sp³-hybridized carbons (Fsp3) is 0.333. The monoisotopic (exact) mass is 346 g/mol. The lowest BCUT2D eigenvalue weighted by molar-refractivity contribution is 0.106. The molecule has 1 atom stereocenters. The summed E-state index contributed by atoms with van der Waals surface area (Å²) < 4.78 is 5.57. The van der Waals surface area contributed by atoms with E-state index in [2.05, 4.69) is 20.6 Å². The van der Waals surface area contributed by atoms with Gasteiger partial charge in [0.05, 0.1) is 18.3 Å². The molecule has 24 heavy (non-hydrogen) atoms. The Balaban J connectivity index is 1.98. The predicted molar refractivity (Wildman–Crippen MR) is 98.3 cm³/mol. The molecule has 1 heterocycles. The second-order valence-corrected chi connectivity index (χ2v) is 5.61. The van der Waals surface area contributed by atoms with Crippen LogP contribution in [0.25, 0.3) is 0 Å². The molecule has 0 saturated carbocycles. The van der Waals surface area contributed by atoms with E-state index in [1.807, 2.05) is 49.4 Å². The maximum atomic E-state index is 6.06. The third kappa shape index (κ3) is 5.83. The van der Waals surface area contributed by atoms with Crippen molar-refractivity contribution >= 4 is 17.6 Å². The number of ether oxygens (including phenoxy) is 1. The molecule has 6 heteroatoms. The standard InChI is InChI=1S/C18H23ClN4O/c1-3-20-18(22-12-16-9-4-5-10-21-16)23-13-17(24-2)14-7-6-8-15(19)11-14/h4-11,17H,3,12-13H2,1-2H3,(H2,20,22,23). The van der Waals surface area contributed by atoms with Crippen molar-refractivity contribution < 1.29 is 4.74 Å². The first kappa shape index (κ1) is 18.2. The van der Waals surface area contributed by atoms with Gasteiger partial charge in [0, 0.05) is 31.4 Å². The number of rotatable bonds is 7. The molecule has 0 fully saturated rings. The van der Waals surface area contributed by atoms with Crippen molar-refractivity contribution in [2.75, 3.05) is 20.2 Å². The van der Waals surface area contributed by atoms with Gasteiger partial charge in [-0.2, -0.15) is 0 Å². The number of benzene rings is 1. The largest absolute Gasteiger partial charge is 0.375 e. The molecule has 0 bridgehead atoms. The average molecular weight is 347 g/mol. The number of guanidine groups is 1.